The number of aliphatic hydroxyl groups is 1. The molecule has 1 aliphatic carbocycles. The monoisotopic (exact) mass is 205 g/mol. The summed E-state index contributed by atoms with van der Waals surface area (Å²) in [7, 11) is 0. The fraction of sp³-hybridized carbons (Fsp3) is 0.615. The van der Waals surface area contributed by atoms with Gasteiger partial charge in [-0.05, 0) is 37.3 Å². The van der Waals surface area contributed by atoms with Crippen LogP contribution in [0.4, 0.5) is 0 Å². The maximum Gasteiger partial charge on any atom is 0.0833 e. The fourth-order valence-electron chi connectivity index (χ4n) is 2.38. The van der Waals surface area contributed by atoms with E-state index in [1.807, 2.05) is 25.3 Å². The number of aliphatic hydroxyl groups excluding tert-OH is 1. The lowest BCUT2D eigenvalue weighted by molar-refractivity contribution is 0.0845. The molecule has 1 aromatic rings. The Bertz CT molecular complexity index is 301. The summed E-state index contributed by atoms with van der Waals surface area (Å²) in [5.74, 6) is 0.447. The summed E-state index contributed by atoms with van der Waals surface area (Å²) in [5, 5.41) is 10.2. The van der Waals surface area contributed by atoms with Gasteiger partial charge in [0.1, 0.15) is 0 Å². The van der Waals surface area contributed by atoms with Crippen molar-refractivity contribution >= 4 is 0 Å². The first kappa shape index (κ1) is 10.6. The summed E-state index contributed by atoms with van der Waals surface area (Å²) in [6, 6.07) is 3.98. The van der Waals surface area contributed by atoms with Gasteiger partial charge in [-0.25, -0.2) is 0 Å². The van der Waals surface area contributed by atoms with Crippen LogP contribution in [0.5, 0.6) is 0 Å². The summed E-state index contributed by atoms with van der Waals surface area (Å²) < 4.78 is 0. The van der Waals surface area contributed by atoms with Crippen molar-refractivity contribution in [1.82, 2.24) is 4.98 Å². The van der Waals surface area contributed by atoms with Gasteiger partial charge in [-0.3, -0.25) is 4.98 Å². The highest BCUT2D eigenvalue weighted by molar-refractivity contribution is 5.16. The highest BCUT2D eigenvalue weighted by Crippen LogP contribution is 2.33. The molecule has 1 saturated carbocycles. The van der Waals surface area contributed by atoms with Crippen molar-refractivity contribution in [3.63, 3.8) is 0 Å². The summed E-state index contributed by atoms with van der Waals surface area (Å²) in [4.78, 5) is 4.24. The van der Waals surface area contributed by atoms with Gasteiger partial charge in [0.2, 0.25) is 0 Å². The molecule has 2 heteroatoms. The van der Waals surface area contributed by atoms with Crippen molar-refractivity contribution in [3.05, 3.63) is 29.6 Å². The topological polar surface area (TPSA) is 33.1 Å². The normalized spacial score (nSPS) is 20.1. The van der Waals surface area contributed by atoms with E-state index in [9.17, 15) is 5.11 Å². The molecule has 15 heavy (non-hydrogen) atoms. The minimum atomic E-state index is -0.307. The van der Waals surface area contributed by atoms with E-state index >= 15 is 0 Å². The third-order valence-electron chi connectivity index (χ3n) is 3.37. The van der Waals surface area contributed by atoms with Gasteiger partial charge >= 0.3 is 0 Å². The molecule has 0 aliphatic heterocycles. The predicted molar refractivity (Wildman–Crippen MR) is 60.5 cm³/mol. The van der Waals surface area contributed by atoms with E-state index in [2.05, 4.69) is 4.98 Å². The molecule has 2 nitrogen and oxygen atoms in total. The Morgan fingerprint density at radius 3 is 2.60 bits per heavy atom. The van der Waals surface area contributed by atoms with Gasteiger partial charge in [0.05, 0.1) is 6.10 Å². The van der Waals surface area contributed by atoms with Crippen LogP contribution in [0.3, 0.4) is 0 Å². The van der Waals surface area contributed by atoms with Crippen molar-refractivity contribution in [2.45, 2.75) is 45.1 Å². The third-order valence-corrected chi connectivity index (χ3v) is 3.37. The molecule has 1 unspecified atom stereocenters. The molecule has 1 heterocycles. The molecule has 0 aromatic carbocycles. The SMILES string of the molecule is Cc1ccc(C(O)C2CCCCC2)cn1. The van der Waals surface area contributed by atoms with Gasteiger partial charge in [0, 0.05) is 11.9 Å². The Hall–Kier alpha value is -0.890. The molecule has 1 aliphatic rings. The molecule has 1 fully saturated rings. The van der Waals surface area contributed by atoms with Crippen molar-refractivity contribution < 1.29 is 5.11 Å². The Balaban J connectivity index is 2.05. The molecule has 0 amide bonds. The minimum absolute atomic E-state index is 0.307. The summed E-state index contributed by atoms with van der Waals surface area (Å²) >= 11 is 0. The maximum absolute atomic E-state index is 10.2. The Labute approximate surface area is 91.4 Å². The van der Waals surface area contributed by atoms with Crippen LogP contribution >= 0.6 is 0 Å². The molecule has 0 bridgehead atoms. The van der Waals surface area contributed by atoms with Crippen LogP contribution in [-0.4, -0.2) is 10.1 Å². The highest BCUT2D eigenvalue weighted by atomic mass is 16.3. The molecule has 1 atom stereocenters. The number of rotatable bonds is 2. The maximum atomic E-state index is 10.2. The fourth-order valence-corrected chi connectivity index (χ4v) is 2.38. The lowest BCUT2D eigenvalue weighted by Gasteiger charge is -2.26. The summed E-state index contributed by atoms with van der Waals surface area (Å²) in [6.45, 7) is 1.97. The first-order chi connectivity index (χ1) is 7.27. The number of nitrogens with zero attached hydrogens (tertiary/aromatic N) is 1. The zero-order chi connectivity index (χ0) is 10.7. The molecular formula is C13H19NO. The Morgan fingerprint density at radius 1 is 1.27 bits per heavy atom. The van der Waals surface area contributed by atoms with Crippen LogP contribution in [0.1, 0.15) is 49.5 Å². The second-order valence-corrected chi connectivity index (χ2v) is 4.58. The lowest BCUT2D eigenvalue weighted by atomic mass is 9.83. The second kappa shape index (κ2) is 4.75. The Morgan fingerprint density at radius 2 is 2.00 bits per heavy atom. The molecule has 2 rings (SSSR count). The van der Waals surface area contributed by atoms with E-state index in [1.54, 1.807) is 0 Å². The number of aromatic nitrogens is 1. The molecule has 0 spiro atoms. The van der Waals surface area contributed by atoms with Gasteiger partial charge in [-0.2, -0.15) is 0 Å². The average molecular weight is 205 g/mol. The number of hydrogen-bond acceptors (Lipinski definition) is 2. The molecule has 82 valence electrons. The van der Waals surface area contributed by atoms with Crippen molar-refractivity contribution in [3.8, 4) is 0 Å². The lowest BCUT2D eigenvalue weighted by Crippen LogP contribution is -2.16. The van der Waals surface area contributed by atoms with Gasteiger partial charge < -0.3 is 5.11 Å². The third kappa shape index (κ3) is 2.57. The summed E-state index contributed by atoms with van der Waals surface area (Å²) in [6.07, 6.45) is 7.69. The zero-order valence-corrected chi connectivity index (χ0v) is 9.32. The van der Waals surface area contributed by atoms with Crippen LogP contribution in [-0.2, 0) is 0 Å². The van der Waals surface area contributed by atoms with Crippen molar-refractivity contribution in [2.75, 3.05) is 0 Å². The van der Waals surface area contributed by atoms with Gasteiger partial charge in [-0.15, -0.1) is 0 Å². The molecular weight excluding hydrogens is 186 g/mol. The quantitative estimate of drug-likeness (QED) is 0.805. The first-order valence-corrected chi connectivity index (χ1v) is 5.88. The van der Waals surface area contributed by atoms with Gasteiger partial charge in [0.25, 0.3) is 0 Å². The molecule has 0 saturated heterocycles. The zero-order valence-electron chi connectivity index (χ0n) is 9.32. The van der Waals surface area contributed by atoms with Crippen LogP contribution in [0, 0.1) is 12.8 Å². The molecule has 1 N–H and O–H groups in total. The van der Waals surface area contributed by atoms with Crippen LogP contribution in [0.15, 0.2) is 18.3 Å². The van der Waals surface area contributed by atoms with E-state index in [0.717, 1.165) is 24.1 Å². The first-order valence-electron chi connectivity index (χ1n) is 5.88. The second-order valence-electron chi connectivity index (χ2n) is 4.58. The van der Waals surface area contributed by atoms with E-state index in [4.69, 9.17) is 0 Å². The van der Waals surface area contributed by atoms with Crippen LogP contribution in [0.25, 0.3) is 0 Å². The standard InChI is InChI=1S/C13H19NO/c1-10-7-8-12(9-14-10)13(15)11-5-3-2-4-6-11/h7-9,11,13,15H,2-6H2,1H3. The van der Waals surface area contributed by atoms with Crippen LogP contribution in [0.2, 0.25) is 0 Å². The summed E-state index contributed by atoms with van der Waals surface area (Å²) in [5.41, 5.74) is 1.99. The van der Waals surface area contributed by atoms with E-state index in [-0.39, 0.29) is 6.10 Å². The molecule has 0 radical (unpaired) electrons. The van der Waals surface area contributed by atoms with Crippen molar-refractivity contribution in [1.29, 1.82) is 0 Å². The van der Waals surface area contributed by atoms with Crippen molar-refractivity contribution in [2.24, 2.45) is 5.92 Å². The minimum Gasteiger partial charge on any atom is -0.388 e. The Kier molecular flexibility index (Phi) is 3.37. The van der Waals surface area contributed by atoms with E-state index in [1.165, 1.54) is 19.3 Å². The van der Waals surface area contributed by atoms with Crippen LogP contribution < -0.4 is 0 Å². The number of hydrogen-bond donors (Lipinski definition) is 1. The molecule has 1 aromatic heterocycles. The predicted octanol–water partition coefficient (Wildman–Crippen LogP) is 3.00. The van der Waals surface area contributed by atoms with E-state index < -0.39 is 0 Å². The smallest absolute Gasteiger partial charge is 0.0833 e. The van der Waals surface area contributed by atoms with Gasteiger partial charge in [0.15, 0.2) is 0 Å². The average Bonchev–Trinajstić information content (AvgIpc) is 2.30. The largest absolute Gasteiger partial charge is 0.388 e. The number of aryl methyl sites for hydroxylation is 1. The number of pyridine rings is 1. The van der Waals surface area contributed by atoms with E-state index in [0.29, 0.717) is 5.92 Å². The highest BCUT2D eigenvalue weighted by Gasteiger charge is 2.22. The van der Waals surface area contributed by atoms with Gasteiger partial charge in [-0.1, -0.05) is 25.3 Å².